The molecule has 0 fully saturated rings. The average Bonchev–Trinajstić information content (AvgIpc) is 2.52. The molecule has 2 aromatic rings. The van der Waals surface area contributed by atoms with E-state index in [1.54, 1.807) is 6.92 Å². The monoisotopic (exact) mass is 282 g/mol. The van der Waals surface area contributed by atoms with Gasteiger partial charge in [-0.15, -0.1) is 0 Å². The predicted molar refractivity (Wildman–Crippen MR) is 80.8 cm³/mol. The van der Waals surface area contributed by atoms with Crippen molar-refractivity contribution < 1.29 is 14.6 Å². The third-order valence-electron chi connectivity index (χ3n) is 4.00. The quantitative estimate of drug-likeness (QED) is 0.877. The number of aliphatic hydroxyl groups is 1. The van der Waals surface area contributed by atoms with E-state index in [2.05, 4.69) is 0 Å². The van der Waals surface area contributed by atoms with Crippen molar-refractivity contribution in [2.45, 2.75) is 25.4 Å². The summed E-state index contributed by atoms with van der Waals surface area (Å²) >= 11 is 0. The zero-order chi connectivity index (χ0) is 14.8. The number of benzene rings is 2. The highest BCUT2D eigenvalue weighted by atomic mass is 16.5. The van der Waals surface area contributed by atoms with Gasteiger partial charge in [0, 0.05) is 5.92 Å². The molecule has 0 heterocycles. The van der Waals surface area contributed by atoms with Crippen LogP contribution in [0.1, 0.15) is 36.5 Å². The Kier molecular flexibility index (Phi) is 3.76. The number of aliphatic hydroxyl groups excluding tert-OH is 1. The summed E-state index contributed by atoms with van der Waals surface area (Å²) in [5.74, 6) is -0.522. The van der Waals surface area contributed by atoms with Crippen LogP contribution in [0.25, 0.3) is 11.1 Å². The second-order valence-corrected chi connectivity index (χ2v) is 5.23. The standard InChI is InChI=1S/C18H18O3/c1-2-21-17(19)11-16-14-9-4-3-7-12(14)13-8-5-6-10-15(13)18(16)20/h3-10,16,18,20H,2,11H2,1H3. The Balaban J connectivity index is 2.05. The zero-order valence-electron chi connectivity index (χ0n) is 12.0. The van der Waals surface area contributed by atoms with Crippen LogP contribution >= 0.6 is 0 Å². The van der Waals surface area contributed by atoms with Gasteiger partial charge in [0.1, 0.15) is 0 Å². The molecule has 21 heavy (non-hydrogen) atoms. The lowest BCUT2D eigenvalue weighted by Crippen LogP contribution is -2.21. The van der Waals surface area contributed by atoms with Crippen molar-refractivity contribution in [2.75, 3.05) is 6.61 Å². The van der Waals surface area contributed by atoms with Gasteiger partial charge in [0.05, 0.1) is 19.1 Å². The molecule has 0 spiro atoms. The summed E-state index contributed by atoms with van der Waals surface area (Å²) in [6.07, 6.45) is -0.485. The summed E-state index contributed by atoms with van der Waals surface area (Å²) in [4.78, 5) is 11.8. The number of carbonyl (C=O) groups excluding carboxylic acids is 1. The van der Waals surface area contributed by atoms with E-state index in [9.17, 15) is 9.90 Å². The maximum Gasteiger partial charge on any atom is 0.306 e. The van der Waals surface area contributed by atoms with E-state index in [1.807, 2.05) is 48.5 Å². The van der Waals surface area contributed by atoms with Crippen LogP contribution in [0.4, 0.5) is 0 Å². The first kappa shape index (κ1) is 13.8. The Morgan fingerprint density at radius 1 is 1.05 bits per heavy atom. The highest BCUT2D eigenvalue weighted by molar-refractivity contribution is 5.77. The lowest BCUT2D eigenvalue weighted by Gasteiger charge is -2.31. The number of hydrogen-bond acceptors (Lipinski definition) is 3. The van der Waals surface area contributed by atoms with E-state index in [0.717, 1.165) is 22.3 Å². The summed E-state index contributed by atoms with van der Waals surface area (Å²) in [5.41, 5.74) is 4.02. The number of hydrogen-bond donors (Lipinski definition) is 1. The first-order chi connectivity index (χ1) is 10.2. The number of fused-ring (bicyclic) bond motifs is 3. The molecule has 3 nitrogen and oxygen atoms in total. The molecule has 3 heteroatoms. The van der Waals surface area contributed by atoms with Gasteiger partial charge in [0.25, 0.3) is 0 Å². The second kappa shape index (κ2) is 5.70. The SMILES string of the molecule is CCOC(=O)CC1c2ccccc2-c2ccccc2C1O. The van der Waals surface area contributed by atoms with Crippen molar-refractivity contribution in [3.05, 3.63) is 59.7 Å². The molecule has 2 unspecified atom stereocenters. The average molecular weight is 282 g/mol. The maximum absolute atomic E-state index is 11.8. The molecule has 2 aromatic carbocycles. The van der Waals surface area contributed by atoms with Crippen molar-refractivity contribution in [3.63, 3.8) is 0 Å². The van der Waals surface area contributed by atoms with Crippen molar-refractivity contribution in [2.24, 2.45) is 0 Å². The third-order valence-corrected chi connectivity index (χ3v) is 4.00. The zero-order valence-corrected chi connectivity index (χ0v) is 12.0. The topological polar surface area (TPSA) is 46.5 Å². The van der Waals surface area contributed by atoms with Crippen molar-refractivity contribution >= 4 is 5.97 Å². The van der Waals surface area contributed by atoms with Gasteiger partial charge in [-0.05, 0) is 29.2 Å². The van der Waals surface area contributed by atoms with E-state index in [-0.39, 0.29) is 18.3 Å². The molecule has 1 aliphatic rings. The molecule has 108 valence electrons. The second-order valence-electron chi connectivity index (χ2n) is 5.23. The van der Waals surface area contributed by atoms with Crippen LogP contribution in [-0.4, -0.2) is 17.7 Å². The number of rotatable bonds is 3. The van der Waals surface area contributed by atoms with Gasteiger partial charge in [-0.25, -0.2) is 0 Å². The fourth-order valence-electron chi connectivity index (χ4n) is 3.07. The first-order valence-electron chi connectivity index (χ1n) is 7.24. The maximum atomic E-state index is 11.8. The minimum atomic E-state index is -0.680. The normalized spacial score (nSPS) is 19.5. The largest absolute Gasteiger partial charge is 0.466 e. The number of carbonyl (C=O) groups is 1. The van der Waals surface area contributed by atoms with Gasteiger partial charge in [-0.3, -0.25) is 4.79 Å². The van der Waals surface area contributed by atoms with E-state index >= 15 is 0 Å². The lowest BCUT2D eigenvalue weighted by atomic mass is 9.75. The van der Waals surface area contributed by atoms with Gasteiger partial charge in [0.15, 0.2) is 0 Å². The summed E-state index contributed by atoms with van der Waals surface area (Å²) in [6, 6.07) is 15.8. The van der Waals surface area contributed by atoms with Crippen LogP contribution in [0, 0.1) is 0 Å². The Labute approximate surface area is 124 Å². The molecule has 0 amide bonds. The smallest absolute Gasteiger partial charge is 0.306 e. The third kappa shape index (κ3) is 2.45. The molecule has 1 aliphatic carbocycles. The Morgan fingerprint density at radius 2 is 1.62 bits per heavy atom. The van der Waals surface area contributed by atoms with Crippen LogP contribution in [0.2, 0.25) is 0 Å². The molecule has 1 N–H and O–H groups in total. The summed E-state index contributed by atoms with van der Waals surface area (Å²) < 4.78 is 5.05. The Morgan fingerprint density at radius 3 is 2.29 bits per heavy atom. The molecule has 0 bridgehead atoms. The highest BCUT2D eigenvalue weighted by Crippen LogP contribution is 2.46. The summed E-state index contributed by atoms with van der Waals surface area (Å²) in [6.45, 7) is 2.15. The Hall–Kier alpha value is -2.13. The molecule has 0 aliphatic heterocycles. The highest BCUT2D eigenvalue weighted by Gasteiger charge is 2.33. The van der Waals surface area contributed by atoms with Crippen LogP contribution in [0.15, 0.2) is 48.5 Å². The molecule has 0 saturated heterocycles. The van der Waals surface area contributed by atoms with Crippen molar-refractivity contribution in [3.8, 4) is 11.1 Å². The van der Waals surface area contributed by atoms with Crippen molar-refractivity contribution in [1.82, 2.24) is 0 Å². The van der Waals surface area contributed by atoms with Crippen LogP contribution in [-0.2, 0) is 9.53 Å². The van der Waals surface area contributed by atoms with Crippen LogP contribution in [0.3, 0.4) is 0 Å². The lowest BCUT2D eigenvalue weighted by molar-refractivity contribution is -0.144. The fraction of sp³-hybridized carbons (Fsp3) is 0.278. The van der Waals surface area contributed by atoms with Crippen molar-refractivity contribution in [1.29, 1.82) is 0 Å². The van der Waals surface area contributed by atoms with E-state index in [1.165, 1.54) is 0 Å². The number of esters is 1. The molecule has 2 atom stereocenters. The van der Waals surface area contributed by atoms with E-state index < -0.39 is 6.10 Å². The van der Waals surface area contributed by atoms with Gasteiger partial charge in [0.2, 0.25) is 0 Å². The molecule has 0 aromatic heterocycles. The Bertz CT molecular complexity index is 663. The molecule has 0 saturated carbocycles. The summed E-state index contributed by atoms with van der Waals surface area (Å²) in [5, 5.41) is 10.7. The molecule has 3 rings (SSSR count). The van der Waals surface area contributed by atoms with Gasteiger partial charge < -0.3 is 9.84 Å². The van der Waals surface area contributed by atoms with Gasteiger partial charge >= 0.3 is 5.97 Å². The summed E-state index contributed by atoms with van der Waals surface area (Å²) in [7, 11) is 0. The first-order valence-corrected chi connectivity index (χ1v) is 7.24. The van der Waals surface area contributed by atoms with Crippen LogP contribution in [0.5, 0.6) is 0 Å². The molecular formula is C18H18O3. The molecule has 0 radical (unpaired) electrons. The van der Waals surface area contributed by atoms with Gasteiger partial charge in [-0.2, -0.15) is 0 Å². The van der Waals surface area contributed by atoms with Crippen LogP contribution < -0.4 is 0 Å². The van der Waals surface area contributed by atoms with Gasteiger partial charge in [-0.1, -0.05) is 48.5 Å². The minimum absolute atomic E-state index is 0.195. The number of ether oxygens (including phenoxy) is 1. The minimum Gasteiger partial charge on any atom is -0.466 e. The fourth-order valence-corrected chi connectivity index (χ4v) is 3.07. The molecular weight excluding hydrogens is 264 g/mol. The van der Waals surface area contributed by atoms with E-state index in [0.29, 0.717) is 6.61 Å². The van der Waals surface area contributed by atoms with E-state index in [4.69, 9.17) is 4.74 Å². The predicted octanol–water partition coefficient (Wildman–Crippen LogP) is 3.44.